The predicted octanol–water partition coefficient (Wildman–Crippen LogP) is 1.78. The molecular weight excluding hydrogens is 242 g/mol. The van der Waals surface area contributed by atoms with Crippen LogP contribution in [0.5, 0.6) is 0 Å². The van der Waals surface area contributed by atoms with E-state index >= 15 is 0 Å². The van der Waals surface area contributed by atoms with Gasteiger partial charge in [0.2, 0.25) is 0 Å². The highest BCUT2D eigenvalue weighted by Crippen LogP contribution is 2.18. The van der Waals surface area contributed by atoms with Crippen LogP contribution in [-0.4, -0.2) is 15.8 Å². The number of rotatable bonds is 4. The first kappa shape index (κ1) is 11.2. The number of carbonyl (C=O) groups is 1. The van der Waals surface area contributed by atoms with Crippen molar-refractivity contribution >= 4 is 29.0 Å². The van der Waals surface area contributed by atoms with Gasteiger partial charge in [0.1, 0.15) is 11.3 Å². The summed E-state index contributed by atoms with van der Waals surface area (Å²) in [5.41, 5.74) is 0. The highest BCUT2D eigenvalue weighted by molar-refractivity contribution is 7.09. The van der Waals surface area contributed by atoms with Crippen molar-refractivity contribution in [1.82, 2.24) is 9.55 Å². The lowest BCUT2D eigenvalue weighted by atomic mass is 10.2. The normalized spacial score (nSPS) is 12.6. The molecule has 0 saturated carbocycles. The third-order valence-electron chi connectivity index (χ3n) is 2.18. The average molecular weight is 253 g/mol. The molecule has 0 spiro atoms. The predicted molar refractivity (Wildman–Crippen MR) is 63.8 cm³/mol. The van der Waals surface area contributed by atoms with Crippen molar-refractivity contribution in [3.05, 3.63) is 32.5 Å². The summed E-state index contributed by atoms with van der Waals surface area (Å²) in [6.45, 7) is 2.46. The van der Waals surface area contributed by atoms with Gasteiger partial charge in [0.25, 0.3) is 0 Å². The van der Waals surface area contributed by atoms with Crippen LogP contribution in [0.15, 0.2) is 17.8 Å². The summed E-state index contributed by atoms with van der Waals surface area (Å²) in [4.78, 5) is 16.7. The van der Waals surface area contributed by atoms with Crippen LogP contribution in [0, 0.1) is 12.3 Å². The molecule has 1 N–H and O–H groups in total. The maximum absolute atomic E-state index is 11.0. The molecule has 0 bridgehead atoms. The van der Waals surface area contributed by atoms with Crippen molar-refractivity contribution in [2.45, 2.75) is 19.4 Å². The third kappa shape index (κ3) is 2.28. The topological polar surface area (TPSA) is 58.7 Å². The SMILES string of the molecule is Cc1cn(CC(C=O)c2nccs2)c(=N)s1. The Labute approximate surface area is 101 Å². The lowest BCUT2D eigenvalue weighted by Crippen LogP contribution is -2.18. The second kappa shape index (κ2) is 4.71. The first-order chi connectivity index (χ1) is 7.70. The maximum Gasteiger partial charge on any atom is 0.182 e. The number of aromatic nitrogens is 2. The van der Waals surface area contributed by atoms with Gasteiger partial charge in [0.15, 0.2) is 4.80 Å². The van der Waals surface area contributed by atoms with Gasteiger partial charge in [-0.3, -0.25) is 5.41 Å². The van der Waals surface area contributed by atoms with Crippen LogP contribution in [0.2, 0.25) is 0 Å². The van der Waals surface area contributed by atoms with E-state index in [1.165, 1.54) is 22.7 Å². The van der Waals surface area contributed by atoms with Gasteiger partial charge in [-0.05, 0) is 6.92 Å². The molecule has 2 heterocycles. The minimum atomic E-state index is -0.247. The highest BCUT2D eigenvalue weighted by atomic mass is 32.1. The Bertz CT molecular complexity index is 527. The van der Waals surface area contributed by atoms with Gasteiger partial charge >= 0.3 is 0 Å². The monoisotopic (exact) mass is 253 g/mol. The van der Waals surface area contributed by atoms with Crippen LogP contribution in [0.1, 0.15) is 15.8 Å². The lowest BCUT2D eigenvalue weighted by molar-refractivity contribution is -0.109. The van der Waals surface area contributed by atoms with Crippen molar-refractivity contribution in [3.63, 3.8) is 0 Å². The Hall–Kier alpha value is -1.27. The van der Waals surface area contributed by atoms with Crippen LogP contribution in [0.3, 0.4) is 0 Å². The van der Waals surface area contributed by atoms with Gasteiger partial charge in [-0.2, -0.15) is 0 Å². The van der Waals surface area contributed by atoms with E-state index in [2.05, 4.69) is 4.98 Å². The second-order valence-electron chi connectivity index (χ2n) is 3.41. The number of nitrogens with zero attached hydrogens (tertiary/aromatic N) is 2. The molecule has 2 rings (SSSR count). The molecule has 0 radical (unpaired) electrons. The van der Waals surface area contributed by atoms with E-state index in [9.17, 15) is 4.79 Å². The summed E-state index contributed by atoms with van der Waals surface area (Å²) in [5.74, 6) is -0.247. The summed E-state index contributed by atoms with van der Waals surface area (Å²) >= 11 is 2.89. The van der Waals surface area contributed by atoms with Crippen LogP contribution >= 0.6 is 22.7 Å². The average Bonchev–Trinajstić information content (AvgIpc) is 2.85. The molecule has 0 amide bonds. The second-order valence-corrected chi connectivity index (χ2v) is 5.57. The molecule has 0 aliphatic heterocycles. The number of hydrogen-bond acceptors (Lipinski definition) is 5. The Kier molecular flexibility index (Phi) is 3.31. The smallest absolute Gasteiger partial charge is 0.182 e. The van der Waals surface area contributed by atoms with Gasteiger partial charge in [-0.1, -0.05) is 0 Å². The number of nitrogens with one attached hydrogen (secondary N) is 1. The third-order valence-corrected chi connectivity index (χ3v) is 3.95. The van der Waals surface area contributed by atoms with Crippen molar-refractivity contribution in [2.24, 2.45) is 0 Å². The summed E-state index contributed by atoms with van der Waals surface area (Å²) in [7, 11) is 0. The molecular formula is C10H11N3OS2. The van der Waals surface area contributed by atoms with Gasteiger partial charge in [0, 0.05) is 29.2 Å². The molecule has 0 fully saturated rings. The van der Waals surface area contributed by atoms with E-state index in [0.717, 1.165) is 16.2 Å². The highest BCUT2D eigenvalue weighted by Gasteiger charge is 2.14. The molecule has 0 saturated heterocycles. The van der Waals surface area contributed by atoms with E-state index in [1.807, 2.05) is 18.5 Å². The zero-order valence-electron chi connectivity index (χ0n) is 8.71. The quantitative estimate of drug-likeness (QED) is 0.844. The first-order valence-corrected chi connectivity index (χ1v) is 6.46. The molecule has 0 aromatic carbocycles. The Balaban J connectivity index is 2.23. The summed E-state index contributed by atoms with van der Waals surface area (Å²) in [6.07, 6.45) is 4.50. The van der Waals surface area contributed by atoms with Crippen LogP contribution in [0.4, 0.5) is 0 Å². The Morgan fingerprint density at radius 3 is 3.00 bits per heavy atom. The molecule has 6 heteroatoms. The molecule has 1 atom stereocenters. The standard InChI is InChI=1S/C10H11N3OS2/c1-7-4-13(10(11)16-7)5-8(6-14)9-12-2-3-15-9/h2-4,6,8,11H,5H2,1H3. The van der Waals surface area contributed by atoms with Gasteiger partial charge in [0.05, 0.1) is 5.92 Å². The number of thiazole rings is 2. The fourth-order valence-corrected chi connectivity index (χ4v) is 2.88. The lowest BCUT2D eigenvalue weighted by Gasteiger charge is -2.07. The molecule has 4 nitrogen and oxygen atoms in total. The van der Waals surface area contributed by atoms with E-state index in [0.29, 0.717) is 11.3 Å². The Morgan fingerprint density at radius 2 is 2.50 bits per heavy atom. The van der Waals surface area contributed by atoms with E-state index in [4.69, 9.17) is 5.41 Å². The van der Waals surface area contributed by atoms with Crippen molar-refractivity contribution < 1.29 is 4.79 Å². The fraction of sp³-hybridized carbons (Fsp3) is 0.300. The molecule has 0 aliphatic rings. The fourth-order valence-electron chi connectivity index (χ4n) is 1.46. The van der Waals surface area contributed by atoms with Crippen LogP contribution in [0.25, 0.3) is 0 Å². The summed E-state index contributed by atoms with van der Waals surface area (Å²) < 4.78 is 1.79. The number of aryl methyl sites for hydroxylation is 1. The van der Waals surface area contributed by atoms with E-state index < -0.39 is 0 Å². The molecule has 84 valence electrons. The maximum atomic E-state index is 11.0. The molecule has 0 aliphatic carbocycles. The minimum Gasteiger partial charge on any atom is -0.323 e. The van der Waals surface area contributed by atoms with Crippen molar-refractivity contribution in [3.8, 4) is 0 Å². The first-order valence-electron chi connectivity index (χ1n) is 4.77. The number of hydrogen-bond donors (Lipinski definition) is 1. The molecule has 1 unspecified atom stereocenters. The van der Waals surface area contributed by atoms with Gasteiger partial charge < -0.3 is 9.36 Å². The van der Waals surface area contributed by atoms with Gasteiger partial charge in [-0.25, -0.2) is 4.98 Å². The minimum absolute atomic E-state index is 0.247. The van der Waals surface area contributed by atoms with Gasteiger partial charge in [-0.15, -0.1) is 22.7 Å². The Morgan fingerprint density at radius 1 is 1.69 bits per heavy atom. The number of carbonyl (C=O) groups excluding carboxylic acids is 1. The summed E-state index contributed by atoms with van der Waals surface area (Å²) in [5, 5.41) is 10.4. The largest absolute Gasteiger partial charge is 0.323 e. The van der Waals surface area contributed by atoms with E-state index in [1.54, 1.807) is 10.8 Å². The zero-order valence-corrected chi connectivity index (χ0v) is 10.3. The zero-order chi connectivity index (χ0) is 11.5. The van der Waals surface area contributed by atoms with Crippen LogP contribution < -0.4 is 4.80 Å². The van der Waals surface area contributed by atoms with E-state index in [-0.39, 0.29) is 5.92 Å². The molecule has 2 aromatic heterocycles. The summed E-state index contributed by atoms with van der Waals surface area (Å²) in [6, 6.07) is 0. The van der Waals surface area contributed by atoms with Crippen LogP contribution in [-0.2, 0) is 11.3 Å². The van der Waals surface area contributed by atoms with Crippen molar-refractivity contribution in [2.75, 3.05) is 0 Å². The molecule has 16 heavy (non-hydrogen) atoms. The number of aldehydes is 1. The van der Waals surface area contributed by atoms with Crippen molar-refractivity contribution in [1.29, 1.82) is 5.41 Å². The molecule has 2 aromatic rings.